The number of aromatic hydroxyl groups is 1. The molecule has 0 spiro atoms. The largest absolute Gasteiger partial charge is 0.506 e. The first-order chi connectivity index (χ1) is 14.5. The van der Waals surface area contributed by atoms with E-state index in [4.69, 9.17) is 20.8 Å². The fourth-order valence-electron chi connectivity index (χ4n) is 3.21. The van der Waals surface area contributed by atoms with Gasteiger partial charge in [0.15, 0.2) is 11.0 Å². The van der Waals surface area contributed by atoms with Crippen LogP contribution < -0.4 is 10.4 Å². The van der Waals surface area contributed by atoms with Crippen molar-refractivity contribution in [3.8, 4) is 22.9 Å². The monoisotopic (exact) mass is 443 g/mol. The van der Waals surface area contributed by atoms with E-state index >= 15 is 0 Å². The summed E-state index contributed by atoms with van der Waals surface area (Å²) >= 11 is 7.50. The Kier molecular flexibility index (Phi) is 5.69. The van der Waals surface area contributed by atoms with E-state index in [2.05, 4.69) is 10.2 Å². The molecule has 0 saturated carbocycles. The molecule has 0 atom stereocenters. The Labute approximate surface area is 181 Å². The third-order valence-corrected chi connectivity index (χ3v) is 5.95. The highest BCUT2D eigenvalue weighted by Gasteiger charge is 2.17. The number of thioether (sulfide) groups is 1. The number of hydrogen-bond acceptors (Lipinski definition) is 7. The molecule has 0 aliphatic carbocycles. The summed E-state index contributed by atoms with van der Waals surface area (Å²) in [5, 5.41) is 20.1. The Hall–Kier alpha value is -2.97. The Morgan fingerprint density at radius 3 is 2.80 bits per heavy atom. The maximum atomic E-state index is 12.0. The fourth-order valence-corrected chi connectivity index (χ4v) is 4.36. The molecule has 0 aliphatic rings. The van der Waals surface area contributed by atoms with Gasteiger partial charge in [-0.05, 0) is 30.7 Å². The molecule has 4 aromatic rings. The van der Waals surface area contributed by atoms with Gasteiger partial charge in [-0.15, -0.1) is 10.2 Å². The average Bonchev–Trinajstić information content (AvgIpc) is 3.16. The highest BCUT2D eigenvalue weighted by molar-refractivity contribution is 7.98. The molecule has 0 radical (unpaired) electrons. The molecule has 2 heterocycles. The van der Waals surface area contributed by atoms with Gasteiger partial charge in [-0.2, -0.15) is 0 Å². The topological polar surface area (TPSA) is 90.4 Å². The number of halogens is 1. The van der Waals surface area contributed by atoms with Gasteiger partial charge in [0.05, 0.1) is 17.7 Å². The Balaban J connectivity index is 1.69. The number of para-hydroxylation sites is 1. The van der Waals surface area contributed by atoms with Crippen molar-refractivity contribution in [2.24, 2.45) is 0 Å². The van der Waals surface area contributed by atoms with Crippen LogP contribution >= 0.6 is 23.4 Å². The first-order valence-corrected chi connectivity index (χ1v) is 10.5. The zero-order chi connectivity index (χ0) is 21.3. The molecule has 2 aromatic carbocycles. The minimum absolute atomic E-state index is 0.135. The molecule has 0 bridgehead atoms. The number of phenolic OH excluding ortho intramolecular Hbond substituents is 1. The zero-order valence-electron chi connectivity index (χ0n) is 16.3. The van der Waals surface area contributed by atoms with E-state index in [1.165, 1.54) is 23.9 Å². The van der Waals surface area contributed by atoms with Crippen LogP contribution in [-0.4, -0.2) is 27.0 Å². The van der Waals surface area contributed by atoms with Gasteiger partial charge in [0.25, 0.3) is 0 Å². The fraction of sp³-hybridized carbons (Fsp3) is 0.190. The van der Waals surface area contributed by atoms with Crippen molar-refractivity contribution in [2.75, 3.05) is 7.11 Å². The minimum atomic E-state index is -0.494. The van der Waals surface area contributed by atoms with Crippen LogP contribution in [-0.2, 0) is 12.3 Å². The maximum absolute atomic E-state index is 12.0. The number of hydrogen-bond donors (Lipinski definition) is 1. The van der Waals surface area contributed by atoms with E-state index in [9.17, 15) is 9.90 Å². The van der Waals surface area contributed by atoms with Crippen molar-refractivity contribution >= 4 is 34.3 Å². The van der Waals surface area contributed by atoms with E-state index in [0.717, 1.165) is 16.9 Å². The third kappa shape index (κ3) is 3.76. The highest BCUT2D eigenvalue weighted by Crippen LogP contribution is 2.34. The van der Waals surface area contributed by atoms with Gasteiger partial charge in [-0.1, -0.05) is 35.5 Å². The van der Waals surface area contributed by atoms with Gasteiger partial charge in [-0.3, -0.25) is 0 Å². The summed E-state index contributed by atoms with van der Waals surface area (Å²) in [6.45, 7) is 2.68. The zero-order valence-corrected chi connectivity index (χ0v) is 17.8. The number of fused-ring (bicyclic) bond motifs is 1. The molecule has 154 valence electrons. The van der Waals surface area contributed by atoms with Crippen molar-refractivity contribution in [2.45, 2.75) is 24.4 Å². The summed E-state index contributed by atoms with van der Waals surface area (Å²) in [6.07, 6.45) is 0. The number of aromatic nitrogens is 3. The molecular formula is C21H18ClN3O4S. The lowest BCUT2D eigenvalue weighted by atomic mass is 10.1. The number of nitrogens with zero attached hydrogens (tertiary/aromatic N) is 3. The molecule has 0 aliphatic heterocycles. The third-order valence-electron chi connectivity index (χ3n) is 4.64. The van der Waals surface area contributed by atoms with Crippen LogP contribution in [0.1, 0.15) is 12.5 Å². The van der Waals surface area contributed by atoms with Crippen LogP contribution in [0.15, 0.2) is 56.8 Å². The molecule has 0 amide bonds. The number of methoxy groups -OCH3 is 1. The Morgan fingerprint density at radius 2 is 2.03 bits per heavy atom. The molecule has 0 unspecified atom stereocenters. The molecule has 0 fully saturated rings. The molecule has 9 heteroatoms. The van der Waals surface area contributed by atoms with Gasteiger partial charge in [0, 0.05) is 29.8 Å². The minimum Gasteiger partial charge on any atom is -0.506 e. The number of rotatable bonds is 6. The molecule has 1 N–H and O–H groups in total. The van der Waals surface area contributed by atoms with E-state index in [-0.39, 0.29) is 16.4 Å². The van der Waals surface area contributed by atoms with E-state index < -0.39 is 5.63 Å². The van der Waals surface area contributed by atoms with Crippen LogP contribution in [0.3, 0.4) is 0 Å². The molecule has 2 aromatic heterocycles. The summed E-state index contributed by atoms with van der Waals surface area (Å²) < 4.78 is 12.6. The lowest BCUT2D eigenvalue weighted by Crippen LogP contribution is -2.02. The second kappa shape index (κ2) is 8.41. The lowest BCUT2D eigenvalue weighted by Gasteiger charge is -2.11. The summed E-state index contributed by atoms with van der Waals surface area (Å²) in [5.41, 5.74) is 1.38. The second-order valence-corrected chi connectivity index (χ2v) is 7.78. The number of ether oxygens (including phenoxy) is 1. The second-order valence-electron chi connectivity index (χ2n) is 6.43. The normalized spacial score (nSPS) is 11.2. The average molecular weight is 444 g/mol. The van der Waals surface area contributed by atoms with Crippen LogP contribution in [0.5, 0.6) is 11.5 Å². The van der Waals surface area contributed by atoms with Crippen LogP contribution in [0.2, 0.25) is 5.02 Å². The van der Waals surface area contributed by atoms with Crippen molar-refractivity contribution < 1.29 is 14.3 Å². The van der Waals surface area contributed by atoms with E-state index in [0.29, 0.717) is 28.7 Å². The molecule has 30 heavy (non-hydrogen) atoms. The summed E-state index contributed by atoms with van der Waals surface area (Å²) in [6, 6.07) is 12.0. The molecular weight excluding hydrogens is 426 g/mol. The SMILES string of the molecule is CCn1c(SCc2cc(=O)oc3cc(O)c(Cl)cc23)nnc1-c1ccccc1OC. The van der Waals surface area contributed by atoms with Crippen molar-refractivity contribution in [3.63, 3.8) is 0 Å². The van der Waals surface area contributed by atoms with Crippen molar-refractivity contribution in [1.82, 2.24) is 14.8 Å². The number of phenols is 1. The first kappa shape index (κ1) is 20.3. The van der Waals surface area contributed by atoms with Gasteiger partial charge < -0.3 is 18.8 Å². The summed E-state index contributed by atoms with van der Waals surface area (Å²) in [5.74, 6) is 1.75. The predicted octanol–water partition coefficient (Wildman–Crippen LogP) is 4.73. The van der Waals surface area contributed by atoms with Gasteiger partial charge in [0.2, 0.25) is 0 Å². The molecule has 7 nitrogen and oxygen atoms in total. The summed E-state index contributed by atoms with van der Waals surface area (Å²) in [4.78, 5) is 12.0. The standard InChI is InChI=1S/C21H18ClN3O4S/c1-3-25-20(13-6-4-5-7-17(13)28-2)23-24-21(25)30-11-12-8-19(27)29-18-10-16(26)15(22)9-14(12)18/h4-10,26H,3,11H2,1-2H3. The van der Waals surface area contributed by atoms with Crippen molar-refractivity contribution in [1.29, 1.82) is 0 Å². The van der Waals surface area contributed by atoms with Gasteiger partial charge >= 0.3 is 5.63 Å². The smallest absolute Gasteiger partial charge is 0.336 e. The molecule has 0 saturated heterocycles. The van der Waals surface area contributed by atoms with Crippen LogP contribution in [0.25, 0.3) is 22.4 Å². The van der Waals surface area contributed by atoms with Crippen LogP contribution in [0.4, 0.5) is 0 Å². The summed E-state index contributed by atoms with van der Waals surface area (Å²) in [7, 11) is 1.62. The van der Waals surface area contributed by atoms with E-state index in [1.807, 2.05) is 35.8 Å². The van der Waals surface area contributed by atoms with E-state index in [1.54, 1.807) is 13.2 Å². The van der Waals surface area contributed by atoms with Crippen LogP contribution in [0, 0.1) is 0 Å². The Morgan fingerprint density at radius 1 is 1.23 bits per heavy atom. The van der Waals surface area contributed by atoms with Gasteiger partial charge in [0.1, 0.15) is 17.1 Å². The number of benzene rings is 2. The Bertz CT molecular complexity index is 1290. The first-order valence-electron chi connectivity index (χ1n) is 9.16. The molecule has 4 rings (SSSR count). The van der Waals surface area contributed by atoms with Gasteiger partial charge in [-0.25, -0.2) is 4.79 Å². The highest BCUT2D eigenvalue weighted by atomic mass is 35.5. The lowest BCUT2D eigenvalue weighted by molar-refractivity contribution is 0.416. The maximum Gasteiger partial charge on any atom is 0.336 e. The van der Waals surface area contributed by atoms with Crippen molar-refractivity contribution in [3.05, 3.63) is 63.5 Å². The predicted molar refractivity (Wildman–Crippen MR) is 116 cm³/mol. The quantitative estimate of drug-likeness (QED) is 0.340.